The predicted octanol–water partition coefficient (Wildman–Crippen LogP) is 1.11. The van der Waals surface area contributed by atoms with E-state index in [1.807, 2.05) is 4.90 Å². The first kappa shape index (κ1) is 25.8. The molecule has 2 bridgehead atoms. The Bertz CT molecular complexity index is 824. The summed E-state index contributed by atoms with van der Waals surface area (Å²) in [7, 11) is -4.29. The number of rotatable bonds is 9. The zero-order chi connectivity index (χ0) is 24.2. The first-order chi connectivity index (χ1) is 16.3. The van der Waals surface area contributed by atoms with Gasteiger partial charge < -0.3 is 15.4 Å². The van der Waals surface area contributed by atoms with Crippen molar-refractivity contribution in [1.29, 1.82) is 0 Å². The molecule has 0 aromatic rings. The molecule has 2 unspecified atom stereocenters. The summed E-state index contributed by atoms with van der Waals surface area (Å²) in [6.45, 7) is 4.56. The van der Waals surface area contributed by atoms with Gasteiger partial charge in [-0.25, -0.2) is 8.37 Å². The lowest BCUT2D eigenvalue weighted by atomic mass is 9.75. The SMILES string of the molecule is CCOC(=O)C1(COS(=O)(=O)OC2CN3C[C@H]2CC[C@H]3C(=O)NC2CCNCC2)CCCCC1. The summed E-state index contributed by atoms with van der Waals surface area (Å²) < 4.78 is 41.4. The van der Waals surface area contributed by atoms with Crippen LogP contribution < -0.4 is 10.6 Å². The highest BCUT2D eigenvalue weighted by Crippen LogP contribution is 2.39. The zero-order valence-corrected chi connectivity index (χ0v) is 20.9. The molecule has 0 aromatic heterocycles. The molecule has 0 aromatic carbocycles. The standard InChI is InChI=1S/C23H39N3O7S/c1-2-31-22(28)23(10-4-3-5-11-23)16-32-34(29,30)33-20-15-26-14-17(20)6-7-19(26)21(27)25-18-8-12-24-13-9-18/h17-20,24H,2-16H2,1H3,(H,25,27)/t17-,19+,20?/m1/s1. The second-order valence-corrected chi connectivity index (χ2v) is 11.5. The Kier molecular flexibility index (Phi) is 8.50. The van der Waals surface area contributed by atoms with E-state index in [0.29, 0.717) is 32.4 Å². The van der Waals surface area contributed by atoms with Crippen LogP contribution in [0.3, 0.4) is 0 Å². The molecule has 2 N–H and O–H groups in total. The number of carbonyl (C=O) groups excluding carboxylic acids is 2. The lowest BCUT2D eigenvalue weighted by Gasteiger charge is -2.34. The molecule has 11 heteroatoms. The molecular weight excluding hydrogens is 462 g/mol. The summed E-state index contributed by atoms with van der Waals surface area (Å²) in [6, 6.07) is -0.0564. The predicted molar refractivity (Wildman–Crippen MR) is 124 cm³/mol. The van der Waals surface area contributed by atoms with E-state index in [1.54, 1.807) is 6.92 Å². The quantitative estimate of drug-likeness (QED) is 0.447. The smallest absolute Gasteiger partial charge is 0.400 e. The topological polar surface area (TPSA) is 123 Å². The van der Waals surface area contributed by atoms with Gasteiger partial charge in [0.2, 0.25) is 5.91 Å². The first-order valence-electron chi connectivity index (χ1n) is 12.8. The van der Waals surface area contributed by atoms with Crippen LogP contribution in [0.25, 0.3) is 0 Å². The summed E-state index contributed by atoms with van der Waals surface area (Å²) >= 11 is 0. The van der Waals surface area contributed by atoms with Crippen LogP contribution in [0.4, 0.5) is 0 Å². The molecule has 0 radical (unpaired) electrons. The van der Waals surface area contributed by atoms with Gasteiger partial charge in [0, 0.05) is 25.0 Å². The minimum absolute atomic E-state index is 0.0267. The molecule has 4 aliphatic rings. The lowest BCUT2D eigenvalue weighted by Crippen LogP contribution is -2.52. The highest BCUT2D eigenvalue weighted by Gasteiger charge is 2.47. The molecule has 34 heavy (non-hydrogen) atoms. The third kappa shape index (κ3) is 6.10. The van der Waals surface area contributed by atoms with Crippen LogP contribution in [0, 0.1) is 11.3 Å². The summed E-state index contributed by atoms with van der Waals surface area (Å²) in [6.07, 6.45) is 6.51. The second-order valence-electron chi connectivity index (χ2n) is 10.2. The number of nitrogens with zero attached hydrogens (tertiary/aromatic N) is 1. The maximum absolute atomic E-state index is 12.9. The first-order valence-corrected chi connectivity index (χ1v) is 14.2. The Morgan fingerprint density at radius 2 is 1.79 bits per heavy atom. The Balaban J connectivity index is 1.31. The fourth-order valence-corrected chi connectivity index (χ4v) is 6.86. The number of piperidine rings is 2. The van der Waals surface area contributed by atoms with Crippen molar-refractivity contribution in [1.82, 2.24) is 15.5 Å². The zero-order valence-electron chi connectivity index (χ0n) is 20.1. The van der Waals surface area contributed by atoms with Gasteiger partial charge in [-0.05, 0) is 58.5 Å². The number of ether oxygens (including phenoxy) is 1. The Morgan fingerprint density at radius 3 is 2.50 bits per heavy atom. The Morgan fingerprint density at radius 1 is 1.06 bits per heavy atom. The van der Waals surface area contributed by atoms with Crippen LogP contribution in [0.2, 0.25) is 0 Å². The van der Waals surface area contributed by atoms with Crippen molar-refractivity contribution in [3.05, 3.63) is 0 Å². The van der Waals surface area contributed by atoms with E-state index in [9.17, 15) is 18.0 Å². The van der Waals surface area contributed by atoms with E-state index < -0.39 is 27.9 Å². The van der Waals surface area contributed by atoms with E-state index in [-0.39, 0.29) is 37.1 Å². The third-order valence-electron chi connectivity index (χ3n) is 7.89. The maximum Gasteiger partial charge on any atom is 0.400 e. The molecule has 10 nitrogen and oxygen atoms in total. The minimum atomic E-state index is -4.29. The van der Waals surface area contributed by atoms with Crippen molar-refractivity contribution >= 4 is 22.3 Å². The molecule has 3 heterocycles. The van der Waals surface area contributed by atoms with Gasteiger partial charge >= 0.3 is 16.4 Å². The number of hydrogen-bond donors (Lipinski definition) is 2. The average molecular weight is 502 g/mol. The summed E-state index contributed by atoms with van der Waals surface area (Å²) in [4.78, 5) is 27.5. The number of fused-ring (bicyclic) bond motifs is 2. The van der Waals surface area contributed by atoms with Crippen molar-refractivity contribution < 1.29 is 31.1 Å². The fourth-order valence-electron chi connectivity index (χ4n) is 5.91. The maximum atomic E-state index is 12.9. The number of nitrogens with one attached hydrogen (secondary N) is 2. The van der Waals surface area contributed by atoms with Gasteiger partial charge in [0.15, 0.2) is 0 Å². The summed E-state index contributed by atoms with van der Waals surface area (Å²) in [5.74, 6) is -0.330. The highest BCUT2D eigenvalue weighted by molar-refractivity contribution is 7.81. The van der Waals surface area contributed by atoms with Crippen LogP contribution in [0.1, 0.15) is 64.7 Å². The molecule has 3 aliphatic heterocycles. The summed E-state index contributed by atoms with van der Waals surface area (Å²) in [5.41, 5.74) is -0.933. The van der Waals surface area contributed by atoms with Crippen molar-refractivity contribution in [2.24, 2.45) is 11.3 Å². The Labute approximate surface area is 202 Å². The van der Waals surface area contributed by atoms with Crippen LogP contribution in [0.15, 0.2) is 0 Å². The number of hydrogen-bond acceptors (Lipinski definition) is 9. The van der Waals surface area contributed by atoms with Gasteiger partial charge in [-0.1, -0.05) is 19.3 Å². The van der Waals surface area contributed by atoms with Crippen LogP contribution >= 0.6 is 0 Å². The van der Waals surface area contributed by atoms with E-state index in [0.717, 1.165) is 51.6 Å². The molecule has 194 valence electrons. The molecule has 1 aliphatic carbocycles. The molecule has 3 saturated heterocycles. The van der Waals surface area contributed by atoms with Crippen molar-refractivity contribution in [2.45, 2.75) is 82.9 Å². The number of carbonyl (C=O) groups is 2. The highest BCUT2D eigenvalue weighted by atomic mass is 32.3. The largest absolute Gasteiger partial charge is 0.465 e. The van der Waals surface area contributed by atoms with Crippen LogP contribution in [-0.2, 0) is 33.1 Å². The van der Waals surface area contributed by atoms with Gasteiger partial charge in [-0.3, -0.25) is 14.5 Å². The van der Waals surface area contributed by atoms with E-state index >= 15 is 0 Å². The summed E-state index contributed by atoms with van der Waals surface area (Å²) in [5, 5.41) is 6.46. The van der Waals surface area contributed by atoms with E-state index in [2.05, 4.69) is 10.6 Å². The van der Waals surface area contributed by atoms with E-state index in [4.69, 9.17) is 13.1 Å². The molecule has 0 spiro atoms. The molecular formula is C23H39N3O7S. The van der Waals surface area contributed by atoms with Gasteiger partial charge in [0.1, 0.15) is 0 Å². The van der Waals surface area contributed by atoms with E-state index in [1.165, 1.54) is 0 Å². The fraction of sp³-hybridized carbons (Fsp3) is 0.913. The van der Waals surface area contributed by atoms with Crippen molar-refractivity contribution in [2.75, 3.05) is 39.4 Å². The average Bonchev–Trinajstić information content (AvgIpc) is 3.13. The molecule has 1 saturated carbocycles. The number of esters is 1. The monoisotopic (exact) mass is 501 g/mol. The number of amides is 1. The molecule has 4 rings (SSSR count). The Hall–Kier alpha value is -1.27. The van der Waals surface area contributed by atoms with Crippen LogP contribution in [0.5, 0.6) is 0 Å². The van der Waals surface area contributed by atoms with Crippen LogP contribution in [-0.4, -0.2) is 82.8 Å². The lowest BCUT2D eigenvalue weighted by molar-refractivity contribution is -0.160. The van der Waals surface area contributed by atoms with Gasteiger partial charge in [0.05, 0.1) is 30.8 Å². The van der Waals surface area contributed by atoms with Gasteiger partial charge in [-0.2, -0.15) is 8.42 Å². The second kappa shape index (κ2) is 11.2. The van der Waals surface area contributed by atoms with Crippen molar-refractivity contribution in [3.8, 4) is 0 Å². The normalized spacial score (nSPS) is 31.7. The van der Waals surface area contributed by atoms with Gasteiger partial charge in [0.25, 0.3) is 0 Å². The molecule has 4 atom stereocenters. The van der Waals surface area contributed by atoms with Crippen molar-refractivity contribution in [3.63, 3.8) is 0 Å². The third-order valence-corrected chi connectivity index (χ3v) is 8.78. The molecule has 1 amide bonds. The van der Waals surface area contributed by atoms with Gasteiger partial charge in [-0.15, -0.1) is 0 Å². The molecule has 4 fully saturated rings. The minimum Gasteiger partial charge on any atom is -0.465 e.